The van der Waals surface area contributed by atoms with Gasteiger partial charge in [-0.25, -0.2) is 19.9 Å². The maximum atomic E-state index is 13.4. The SMILES string of the molecule is O=c1c(NCc2cccnc2)nc2ccc(-c3cnc(O)nc3)nc2n1Cc1cccnc1. The van der Waals surface area contributed by atoms with Gasteiger partial charge in [0, 0.05) is 49.3 Å². The molecule has 0 amide bonds. The van der Waals surface area contributed by atoms with Crippen LogP contribution in [0, 0.1) is 0 Å². The van der Waals surface area contributed by atoms with Gasteiger partial charge in [-0.15, -0.1) is 0 Å². The Bertz CT molecular complexity index is 1460. The summed E-state index contributed by atoms with van der Waals surface area (Å²) in [6.07, 6.45) is 9.75. The highest BCUT2D eigenvalue weighted by Gasteiger charge is 2.14. The molecule has 0 saturated carbocycles. The highest BCUT2D eigenvalue weighted by atomic mass is 16.3. The van der Waals surface area contributed by atoms with Gasteiger partial charge in [0.25, 0.3) is 5.56 Å². The Morgan fingerprint density at radius 1 is 0.879 bits per heavy atom. The number of aromatic hydroxyl groups is 1. The van der Waals surface area contributed by atoms with Gasteiger partial charge in [-0.3, -0.25) is 19.3 Å². The van der Waals surface area contributed by atoms with Crippen LogP contribution in [0.3, 0.4) is 0 Å². The fraction of sp³-hybridized carbons (Fsp3) is 0.0870. The molecule has 2 N–H and O–H groups in total. The van der Waals surface area contributed by atoms with Gasteiger partial charge in [-0.05, 0) is 35.4 Å². The van der Waals surface area contributed by atoms with Crippen molar-refractivity contribution in [2.75, 3.05) is 5.32 Å². The summed E-state index contributed by atoms with van der Waals surface area (Å²) in [5.74, 6) is 0.220. The fourth-order valence-electron chi connectivity index (χ4n) is 3.36. The fourth-order valence-corrected chi connectivity index (χ4v) is 3.36. The second-order valence-corrected chi connectivity index (χ2v) is 7.24. The Hall–Kier alpha value is -4.73. The van der Waals surface area contributed by atoms with Crippen molar-refractivity contribution in [2.24, 2.45) is 0 Å². The van der Waals surface area contributed by atoms with Crippen LogP contribution in [-0.2, 0) is 13.1 Å². The number of fused-ring (bicyclic) bond motifs is 1. The summed E-state index contributed by atoms with van der Waals surface area (Å²) in [5.41, 5.74) is 3.61. The molecule has 162 valence electrons. The zero-order chi connectivity index (χ0) is 22.6. The van der Waals surface area contributed by atoms with Crippen LogP contribution < -0.4 is 10.9 Å². The van der Waals surface area contributed by atoms with Gasteiger partial charge in [0.1, 0.15) is 5.52 Å². The van der Waals surface area contributed by atoms with Crippen molar-refractivity contribution in [2.45, 2.75) is 13.1 Å². The van der Waals surface area contributed by atoms with Gasteiger partial charge in [0.15, 0.2) is 11.5 Å². The Kier molecular flexibility index (Phi) is 5.38. The van der Waals surface area contributed by atoms with Gasteiger partial charge >= 0.3 is 6.01 Å². The molecule has 0 aliphatic rings. The number of pyridine rings is 3. The molecule has 0 aliphatic heterocycles. The minimum Gasteiger partial charge on any atom is -0.479 e. The van der Waals surface area contributed by atoms with E-state index in [0.717, 1.165) is 11.1 Å². The molecule has 5 rings (SSSR count). The van der Waals surface area contributed by atoms with E-state index in [4.69, 9.17) is 0 Å². The molecule has 5 heterocycles. The van der Waals surface area contributed by atoms with E-state index in [9.17, 15) is 9.90 Å². The zero-order valence-corrected chi connectivity index (χ0v) is 17.3. The van der Waals surface area contributed by atoms with Crippen LogP contribution in [0.2, 0.25) is 0 Å². The highest BCUT2D eigenvalue weighted by Crippen LogP contribution is 2.20. The lowest BCUT2D eigenvalue weighted by atomic mass is 10.2. The molecule has 5 aromatic heterocycles. The van der Waals surface area contributed by atoms with E-state index in [1.807, 2.05) is 24.3 Å². The Morgan fingerprint density at radius 2 is 1.61 bits per heavy atom. The van der Waals surface area contributed by atoms with Crippen molar-refractivity contribution in [1.29, 1.82) is 0 Å². The first-order valence-corrected chi connectivity index (χ1v) is 10.1. The van der Waals surface area contributed by atoms with E-state index in [1.165, 1.54) is 12.4 Å². The van der Waals surface area contributed by atoms with E-state index in [-0.39, 0.29) is 23.9 Å². The molecule has 0 fully saturated rings. The minimum atomic E-state index is -0.320. The lowest BCUT2D eigenvalue weighted by Crippen LogP contribution is -2.26. The predicted molar refractivity (Wildman–Crippen MR) is 121 cm³/mol. The van der Waals surface area contributed by atoms with Crippen molar-refractivity contribution in [1.82, 2.24) is 34.5 Å². The molecule has 0 bridgehead atoms. The molecular weight excluding hydrogens is 420 g/mol. The molecule has 0 spiro atoms. The number of anilines is 1. The molecule has 10 nitrogen and oxygen atoms in total. The molecule has 0 atom stereocenters. The average Bonchev–Trinajstić information content (AvgIpc) is 2.86. The summed E-state index contributed by atoms with van der Waals surface area (Å²) in [5, 5.41) is 12.5. The maximum Gasteiger partial charge on any atom is 0.313 e. The number of nitrogens with zero attached hydrogens (tertiary/aromatic N) is 7. The third-order valence-corrected chi connectivity index (χ3v) is 4.97. The normalized spacial score (nSPS) is 10.9. The maximum absolute atomic E-state index is 13.4. The van der Waals surface area contributed by atoms with Crippen LogP contribution in [-0.4, -0.2) is 39.6 Å². The van der Waals surface area contributed by atoms with Crippen LogP contribution in [0.1, 0.15) is 11.1 Å². The summed E-state index contributed by atoms with van der Waals surface area (Å²) >= 11 is 0. The summed E-state index contributed by atoms with van der Waals surface area (Å²) in [6.45, 7) is 0.681. The molecule has 0 aromatic carbocycles. The van der Waals surface area contributed by atoms with Crippen molar-refractivity contribution in [3.63, 3.8) is 0 Å². The van der Waals surface area contributed by atoms with E-state index in [2.05, 4.69) is 35.2 Å². The summed E-state index contributed by atoms with van der Waals surface area (Å²) in [4.78, 5) is 38.5. The lowest BCUT2D eigenvalue weighted by molar-refractivity contribution is 0.430. The predicted octanol–water partition coefficient (Wildman–Crippen LogP) is 2.40. The van der Waals surface area contributed by atoms with Gasteiger partial charge in [0.2, 0.25) is 0 Å². The summed E-state index contributed by atoms with van der Waals surface area (Å²) < 4.78 is 1.57. The topological polar surface area (TPSA) is 132 Å². The molecule has 0 saturated heterocycles. The molecule has 0 unspecified atom stereocenters. The molecule has 0 aliphatic carbocycles. The second kappa shape index (κ2) is 8.79. The first kappa shape index (κ1) is 20.2. The van der Waals surface area contributed by atoms with E-state index in [0.29, 0.717) is 29.0 Å². The van der Waals surface area contributed by atoms with Gasteiger partial charge < -0.3 is 10.4 Å². The van der Waals surface area contributed by atoms with Crippen molar-refractivity contribution in [3.05, 3.63) is 95.1 Å². The number of rotatable bonds is 6. The van der Waals surface area contributed by atoms with Crippen LogP contribution in [0.15, 0.2) is 78.4 Å². The number of nitrogens with one attached hydrogen (secondary N) is 1. The molecular formula is C23H18N8O2. The van der Waals surface area contributed by atoms with Crippen LogP contribution in [0.25, 0.3) is 22.4 Å². The monoisotopic (exact) mass is 438 g/mol. The van der Waals surface area contributed by atoms with Crippen molar-refractivity contribution >= 4 is 17.0 Å². The number of aromatic nitrogens is 7. The highest BCUT2D eigenvalue weighted by molar-refractivity contribution is 5.76. The largest absolute Gasteiger partial charge is 0.479 e. The zero-order valence-electron chi connectivity index (χ0n) is 17.3. The van der Waals surface area contributed by atoms with Crippen molar-refractivity contribution in [3.8, 4) is 17.3 Å². The van der Waals surface area contributed by atoms with E-state index in [1.54, 1.807) is 41.5 Å². The third kappa shape index (κ3) is 4.35. The van der Waals surface area contributed by atoms with Gasteiger partial charge in [-0.1, -0.05) is 12.1 Å². The van der Waals surface area contributed by atoms with Crippen LogP contribution in [0.5, 0.6) is 6.01 Å². The van der Waals surface area contributed by atoms with Gasteiger partial charge in [0.05, 0.1) is 12.2 Å². The smallest absolute Gasteiger partial charge is 0.313 e. The second-order valence-electron chi connectivity index (χ2n) is 7.24. The van der Waals surface area contributed by atoms with Crippen LogP contribution >= 0.6 is 0 Å². The Balaban J connectivity index is 1.60. The lowest BCUT2D eigenvalue weighted by Gasteiger charge is -2.13. The molecule has 33 heavy (non-hydrogen) atoms. The Labute approximate surface area is 187 Å². The number of hydrogen-bond acceptors (Lipinski definition) is 9. The minimum absolute atomic E-state index is 0.220. The summed E-state index contributed by atoms with van der Waals surface area (Å²) in [6, 6.07) is 10.7. The number of hydrogen-bond donors (Lipinski definition) is 2. The Morgan fingerprint density at radius 3 is 2.30 bits per heavy atom. The van der Waals surface area contributed by atoms with Crippen molar-refractivity contribution < 1.29 is 5.11 Å². The van der Waals surface area contributed by atoms with E-state index < -0.39 is 0 Å². The molecule has 10 heteroatoms. The standard InChI is InChI=1S/C23H18N8O2/c32-22-20(26-11-15-3-1-7-24-9-15)29-19-6-5-18(17-12-27-23(33)28-13-17)30-21(19)31(22)14-16-4-2-8-25-10-16/h1-10,12-13H,11,14H2,(H,26,29)(H,27,28,33). The molecule has 5 aromatic rings. The average molecular weight is 438 g/mol. The summed E-state index contributed by atoms with van der Waals surface area (Å²) in [7, 11) is 0. The molecule has 0 radical (unpaired) electrons. The first-order valence-electron chi connectivity index (χ1n) is 10.1. The quantitative estimate of drug-likeness (QED) is 0.410. The van der Waals surface area contributed by atoms with Crippen LogP contribution in [0.4, 0.5) is 5.82 Å². The third-order valence-electron chi connectivity index (χ3n) is 4.97. The van der Waals surface area contributed by atoms with Gasteiger partial charge in [-0.2, -0.15) is 0 Å². The van der Waals surface area contributed by atoms with E-state index >= 15 is 0 Å². The first-order chi connectivity index (χ1) is 16.2.